The summed E-state index contributed by atoms with van der Waals surface area (Å²) in [6, 6.07) is 8.20. The van der Waals surface area contributed by atoms with Crippen LogP contribution in [0.2, 0.25) is 0 Å². The molecule has 23 heavy (non-hydrogen) atoms. The van der Waals surface area contributed by atoms with Crippen molar-refractivity contribution in [1.82, 2.24) is 20.4 Å². The van der Waals surface area contributed by atoms with Gasteiger partial charge in [0.1, 0.15) is 0 Å². The Balaban J connectivity index is 1.65. The van der Waals surface area contributed by atoms with Crippen molar-refractivity contribution < 1.29 is 9.21 Å². The largest absolute Gasteiger partial charge is 0.419 e. The molecular formula is C17H22N4O2. The maximum absolute atomic E-state index is 11.9. The minimum absolute atomic E-state index is 0.0419. The van der Waals surface area contributed by atoms with Gasteiger partial charge in [-0.05, 0) is 45.9 Å². The predicted octanol–water partition coefficient (Wildman–Crippen LogP) is 2.32. The molecule has 0 unspecified atom stereocenters. The van der Waals surface area contributed by atoms with Crippen molar-refractivity contribution in [1.29, 1.82) is 0 Å². The van der Waals surface area contributed by atoms with Crippen LogP contribution in [0.3, 0.4) is 0 Å². The number of benzene rings is 1. The van der Waals surface area contributed by atoms with E-state index in [1.165, 1.54) is 0 Å². The van der Waals surface area contributed by atoms with Gasteiger partial charge in [-0.15, -0.1) is 10.2 Å². The zero-order valence-electron chi connectivity index (χ0n) is 13.7. The van der Waals surface area contributed by atoms with Gasteiger partial charge in [-0.1, -0.05) is 17.7 Å². The molecule has 6 heteroatoms. The highest BCUT2D eigenvalue weighted by atomic mass is 16.4. The molecule has 1 atom stereocenters. The van der Waals surface area contributed by atoms with Gasteiger partial charge >= 0.3 is 0 Å². The molecule has 1 N–H and O–H groups in total. The fourth-order valence-electron chi connectivity index (χ4n) is 2.35. The first-order valence-corrected chi connectivity index (χ1v) is 7.93. The second-order valence-corrected chi connectivity index (χ2v) is 6.25. The second-order valence-electron chi connectivity index (χ2n) is 6.25. The third-order valence-corrected chi connectivity index (χ3v) is 4.06. The van der Waals surface area contributed by atoms with E-state index in [1.54, 1.807) is 0 Å². The molecule has 1 heterocycles. The van der Waals surface area contributed by atoms with Gasteiger partial charge in [0.15, 0.2) is 0 Å². The van der Waals surface area contributed by atoms with Gasteiger partial charge in [0.2, 0.25) is 17.7 Å². The van der Waals surface area contributed by atoms with Crippen LogP contribution in [0.15, 0.2) is 28.7 Å². The van der Waals surface area contributed by atoms with Crippen molar-refractivity contribution in [3.63, 3.8) is 0 Å². The van der Waals surface area contributed by atoms with Crippen LogP contribution in [-0.2, 0) is 4.79 Å². The molecular weight excluding hydrogens is 292 g/mol. The average Bonchev–Trinajstić information content (AvgIpc) is 3.18. The molecule has 1 aromatic heterocycles. The summed E-state index contributed by atoms with van der Waals surface area (Å²) < 4.78 is 5.79. The first kappa shape index (κ1) is 15.7. The van der Waals surface area contributed by atoms with E-state index in [4.69, 9.17) is 4.42 Å². The topological polar surface area (TPSA) is 71.3 Å². The number of nitrogens with zero attached hydrogens (tertiary/aromatic N) is 3. The Bertz CT molecular complexity index is 693. The lowest BCUT2D eigenvalue weighted by atomic mass is 10.1. The summed E-state index contributed by atoms with van der Waals surface area (Å²) in [5.41, 5.74) is 2.05. The summed E-state index contributed by atoms with van der Waals surface area (Å²) in [5, 5.41) is 11.2. The van der Waals surface area contributed by atoms with Crippen LogP contribution < -0.4 is 5.32 Å². The van der Waals surface area contributed by atoms with E-state index >= 15 is 0 Å². The summed E-state index contributed by atoms with van der Waals surface area (Å²) in [6.45, 7) is 4.30. The van der Waals surface area contributed by atoms with Crippen LogP contribution in [0.1, 0.15) is 37.3 Å². The van der Waals surface area contributed by atoms with E-state index in [2.05, 4.69) is 15.5 Å². The van der Waals surface area contributed by atoms with E-state index in [1.807, 2.05) is 50.1 Å². The molecule has 0 radical (unpaired) electrons. The minimum atomic E-state index is -0.119. The van der Waals surface area contributed by atoms with Crippen LogP contribution in [0.25, 0.3) is 11.5 Å². The molecule has 1 aliphatic rings. The zero-order valence-corrected chi connectivity index (χ0v) is 13.7. The lowest BCUT2D eigenvalue weighted by Gasteiger charge is -2.20. The molecule has 2 aromatic rings. The van der Waals surface area contributed by atoms with Gasteiger partial charge in [0.05, 0.1) is 12.6 Å². The highest BCUT2D eigenvalue weighted by Crippen LogP contribution is 2.24. The lowest BCUT2D eigenvalue weighted by Crippen LogP contribution is -2.37. The first-order chi connectivity index (χ1) is 11.0. The van der Waals surface area contributed by atoms with Crippen molar-refractivity contribution in [2.45, 2.75) is 38.8 Å². The fourth-order valence-corrected chi connectivity index (χ4v) is 2.35. The predicted molar refractivity (Wildman–Crippen MR) is 86.7 cm³/mol. The van der Waals surface area contributed by atoms with Gasteiger partial charge in [-0.3, -0.25) is 9.69 Å². The number of carbonyl (C=O) groups excluding carboxylic acids is 1. The Kier molecular flexibility index (Phi) is 4.43. The van der Waals surface area contributed by atoms with Gasteiger partial charge in [0.25, 0.3) is 0 Å². The molecule has 0 bridgehead atoms. The van der Waals surface area contributed by atoms with Crippen molar-refractivity contribution in [2.24, 2.45) is 0 Å². The number of aryl methyl sites for hydroxylation is 1. The number of hydrogen-bond acceptors (Lipinski definition) is 5. The van der Waals surface area contributed by atoms with Gasteiger partial charge in [-0.25, -0.2) is 0 Å². The monoisotopic (exact) mass is 314 g/mol. The summed E-state index contributed by atoms with van der Waals surface area (Å²) in [7, 11) is 1.88. The average molecular weight is 314 g/mol. The van der Waals surface area contributed by atoms with Crippen molar-refractivity contribution in [2.75, 3.05) is 13.6 Å². The van der Waals surface area contributed by atoms with Crippen LogP contribution >= 0.6 is 0 Å². The van der Waals surface area contributed by atoms with Crippen LogP contribution in [0.5, 0.6) is 0 Å². The number of carbonyl (C=O) groups is 1. The zero-order chi connectivity index (χ0) is 16.4. The standard InChI is InChI=1S/C17H22N4O2/c1-11-5-4-6-13(9-11)17-20-19-16(23-17)12(2)21(3)10-15(22)18-14-7-8-14/h4-6,9,12,14H,7-8,10H2,1-3H3,(H,18,22)/t12-/m1/s1. The summed E-state index contributed by atoms with van der Waals surface area (Å²) in [4.78, 5) is 13.8. The smallest absolute Gasteiger partial charge is 0.247 e. The fraction of sp³-hybridized carbons (Fsp3) is 0.471. The third-order valence-electron chi connectivity index (χ3n) is 4.06. The van der Waals surface area contributed by atoms with Crippen LogP contribution in [-0.4, -0.2) is 40.6 Å². The van der Waals surface area contributed by atoms with E-state index in [-0.39, 0.29) is 11.9 Å². The minimum Gasteiger partial charge on any atom is -0.419 e. The van der Waals surface area contributed by atoms with E-state index in [9.17, 15) is 4.79 Å². The molecule has 122 valence electrons. The van der Waals surface area contributed by atoms with E-state index < -0.39 is 0 Å². The molecule has 6 nitrogen and oxygen atoms in total. The molecule has 3 rings (SSSR count). The van der Waals surface area contributed by atoms with Crippen LogP contribution in [0.4, 0.5) is 0 Å². The Morgan fingerprint density at radius 3 is 2.91 bits per heavy atom. The molecule has 1 aromatic carbocycles. The van der Waals surface area contributed by atoms with E-state index in [0.29, 0.717) is 24.4 Å². The molecule has 1 saturated carbocycles. The quantitative estimate of drug-likeness (QED) is 0.886. The SMILES string of the molecule is Cc1cccc(-c2nnc([C@@H](C)N(C)CC(=O)NC3CC3)o2)c1. The molecule has 0 saturated heterocycles. The number of amides is 1. The van der Waals surface area contributed by atoms with Crippen molar-refractivity contribution in [3.05, 3.63) is 35.7 Å². The second kappa shape index (κ2) is 6.50. The Morgan fingerprint density at radius 1 is 1.43 bits per heavy atom. The molecule has 1 amide bonds. The number of hydrogen-bond donors (Lipinski definition) is 1. The molecule has 1 fully saturated rings. The highest BCUT2D eigenvalue weighted by molar-refractivity contribution is 5.78. The maximum Gasteiger partial charge on any atom is 0.247 e. The normalized spacial score (nSPS) is 15.7. The number of likely N-dealkylation sites (N-methyl/N-ethyl adjacent to an activating group) is 1. The highest BCUT2D eigenvalue weighted by Gasteiger charge is 2.25. The van der Waals surface area contributed by atoms with Crippen LogP contribution in [0, 0.1) is 6.92 Å². The molecule has 0 spiro atoms. The Hall–Kier alpha value is -2.21. The van der Waals surface area contributed by atoms with E-state index in [0.717, 1.165) is 24.0 Å². The van der Waals surface area contributed by atoms with Crippen molar-refractivity contribution in [3.8, 4) is 11.5 Å². The Labute approximate surface area is 135 Å². The maximum atomic E-state index is 11.9. The van der Waals surface area contributed by atoms with Gasteiger partial charge in [0, 0.05) is 11.6 Å². The summed E-state index contributed by atoms with van der Waals surface area (Å²) in [5.74, 6) is 1.06. The Morgan fingerprint density at radius 2 is 2.22 bits per heavy atom. The summed E-state index contributed by atoms with van der Waals surface area (Å²) in [6.07, 6.45) is 2.18. The number of rotatable bonds is 6. The number of nitrogens with one attached hydrogen (secondary N) is 1. The van der Waals surface area contributed by atoms with Crippen molar-refractivity contribution >= 4 is 5.91 Å². The van der Waals surface area contributed by atoms with Gasteiger partial charge < -0.3 is 9.73 Å². The number of aromatic nitrogens is 2. The first-order valence-electron chi connectivity index (χ1n) is 7.93. The lowest BCUT2D eigenvalue weighted by molar-refractivity contribution is -0.122. The molecule has 0 aliphatic heterocycles. The van der Waals surface area contributed by atoms with Gasteiger partial charge in [-0.2, -0.15) is 0 Å². The summed E-state index contributed by atoms with van der Waals surface area (Å²) >= 11 is 0. The molecule has 1 aliphatic carbocycles. The third kappa shape index (κ3) is 3.96.